The largest absolute Gasteiger partial charge is 0.489 e. The Hall–Kier alpha value is -2.01. The van der Waals surface area contributed by atoms with Crippen molar-refractivity contribution in [3.63, 3.8) is 0 Å². The van der Waals surface area contributed by atoms with Crippen LogP contribution in [-0.2, 0) is 4.79 Å². The van der Waals surface area contributed by atoms with E-state index in [1.54, 1.807) is 6.20 Å². The number of carboxylic acids is 1. The highest BCUT2D eigenvalue weighted by molar-refractivity contribution is 5.86. The van der Waals surface area contributed by atoms with Crippen molar-refractivity contribution in [1.82, 2.24) is 4.98 Å². The molecule has 0 aliphatic heterocycles. The molecule has 16 heavy (non-hydrogen) atoms. The molecule has 0 unspecified atom stereocenters. The summed E-state index contributed by atoms with van der Waals surface area (Å²) in [6, 6.07) is 6.60. The van der Waals surface area contributed by atoms with Gasteiger partial charge in [-0.25, -0.2) is 0 Å². The summed E-state index contributed by atoms with van der Waals surface area (Å²) >= 11 is 0. The predicted octanol–water partition coefficient (Wildman–Crippen LogP) is 0.959. The third-order valence-electron chi connectivity index (χ3n) is 2.29. The fourth-order valence-corrected chi connectivity index (χ4v) is 1.42. The van der Waals surface area contributed by atoms with Gasteiger partial charge in [-0.2, -0.15) is 0 Å². The molecule has 0 bridgehead atoms. The van der Waals surface area contributed by atoms with Crippen LogP contribution in [0.4, 0.5) is 0 Å². The lowest BCUT2D eigenvalue weighted by molar-refractivity contribution is -0.139. The highest BCUT2D eigenvalue weighted by Crippen LogP contribution is 2.24. The van der Waals surface area contributed by atoms with Crippen LogP contribution in [-0.4, -0.2) is 28.7 Å². The molecule has 84 valence electrons. The minimum Gasteiger partial charge on any atom is -0.489 e. The van der Waals surface area contributed by atoms with E-state index in [1.807, 2.05) is 24.3 Å². The van der Waals surface area contributed by atoms with Gasteiger partial charge in [-0.3, -0.25) is 4.79 Å². The number of benzene rings is 1. The SMILES string of the molecule is N[C@H](COc1c[nH]c2ccccc12)C(=O)O. The van der Waals surface area contributed by atoms with Crippen molar-refractivity contribution in [2.45, 2.75) is 6.04 Å². The van der Waals surface area contributed by atoms with Crippen molar-refractivity contribution in [3.05, 3.63) is 30.5 Å². The van der Waals surface area contributed by atoms with Crippen LogP contribution in [0.25, 0.3) is 10.9 Å². The minimum absolute atomic E-state index is 0.0445. The smallest absolute Gasteiger partial charge is 0.324 e. The van der Waals surface area contributed by atoms with Crippen molar-refractivity contribution < 1.29 is 14.6 Å². The molecule has 5 nitrogen and oxygen atoms in total. The number of nitrogens with one attached hydrogen (secondary N) is 1. The first-order valence-corrected chi connectivity index (χ1v) is 4.86. The van der Waals surface area contributed by atoms with E-state index in [1.165, 1.54) is 0 Å². The summed E-state index contributed by atoms with van der Waals surface area (Å²) in [5.41, 5.74) is 6.29. The van der Waals surface area contributed by atoms with E-state index < -0.39 is 12.0 Å². The zero-order valence-electron chi connectivity index (χ0n) is 8.51. The van der Waals surface area contributed by atoms with Crippen LogP contribution in [0.3, 0.4) is 0 Å². The average Bonchev–Trinajstić information content (AvgIpc) is 2.69. The second kappa shape index (κ2) is 4.24. The Kier molecular flexibility index (Phi) is 2.78. The van der Waals surface area contributed by atoms with Crippen LogP contribution in [0.5, 0.6) is 5.75 Å². The first kappa shape index (κ1) is 10.5. The number of ether oxygens (including phenoxy) is 1. The maximum Gasteiger partial charge on any atom is 0.324 e. The van der Waals surface area contributed by atoms with Gasteiger partial charge >= 0.3 is 5.97 Å². The maximum atomic E-state index is 10.5. The number of fused-ring (bicyclic) bond motifs is 1. The fraction of sp³-hybridized carbons (Fsp3) is 0.182. The van der Waals surface area contributed by atoms with E-state index >= 15 is 0 Å². The number of aliphatic carboxylic acids is 1. The predicted molar refractivity (Wildman–Crippen MR) is 59.4 cm³/mol. The first-order chi connectivity index (χ1) is 7.68. The van der Waals surface area contributed by atoms with E-state index in [9.17, 15) is 4.79 Å². The Morgan fingerprint density at radius 3 is 3.00 bits per heavy atom. The zero-order valence-corrected chi connectivity index (χ0v) is 8.51. The minimum atomic E-state index is -1.07. The lowest BCUT2D eigenvalue weighted by Crippen LogP contribution is -2.36. The molecule has 0 aliphatic rings. The second-order valence-electron chi connectivity index (χ2n) is 3.45. The van der Waals surface area contributed by atoms with Crippen LogP contribution in [0.2, 0.25) is 0 Å². The van der Waals surface area contributed by atoms with Gasteiger partial charge in [0.25, 0.3) is 0 Å². The number of carboxylic acid groups (broad SMARTS) is 1. The highest BCUT2D eigenvalue weighted by Gasteiger charge is 2.13. The monoisotopic (exact) mass is 220 g/mol. The van der Waals surface area contributed by atoms with E-state index in [4.69, 9.17) is 15.6 Å². The second-order valence-corrected chi connectivity index (χ2v) is 3.45. The number of para-hydroxylation sites is 1. The van der Waals surface area contributed by atoms with Gasteiger partial charge in [0.15, 0.2) is 0 Å². The molecule has 0 amide bonds. The summed E-state index contributed by atoms with van der Waals surface area (Å²) in [4.78, 5) is 13.5. The molecule has 0 saturated carbocycles. The molecule has 2 rings (SSSR count). The van der Waals surface area contributed by atoms with Crippen LogP contribution in [0, 0.1) is 0 Å². The van der Waals surface area contributed by atoms with E-state index in [2.05, 4.69) is 4.98 Å². The number of carbonyl (C=O) groups is 1. The molecule has 5 heteroatoms. The van der Waals surface area contributed by atoms with Gasteiger partial charge in [0.1, 0.15) is 18.4 Å². The molecular weight excluding hydrogens is 208 g/mol. The molecule has 1 aromatic heterocycles. The summed E-state index contributed by atoms with van der Waals surface area (Å²) < 4.78 is 5.35. The number of hydrogen-bond donors (Lipinski definition) is 3. The lowest BCUT2D eigenvalue weighted by Gasteiger charge is -2.07. The number of rotatable bonds is 4. The summed E-state index contributed by atoms with van der Waals surface area (Å²) in [7, 11) is 0. The van der Waals surface area contributed by atoms with Crippen LogP contribution in [0.1, 0.15) is 0 Å². The normalized spacial score (nSPS) is 12.6. The van der Waals surface area contributed by atoms with Crippen molar-refractivity contribution in [2.75, 3.05) is 6.61 Å². The molecule has 1 heterocycles. The summed E-state index contributed by atoms with van der Waals surface area (Å²) in [6.45, 7) is -0.0445. The van der Waals surface area contributed by atoms with Crippen molar-refractivity contribution >= 4 is 16.9 Å². The zero-order chi connectivity index (χ0) is 11.5. The van der Waals surface area contributed by atoms with Gasteiger partial charge in [0, 0.05) is 17.1 Å². The third-order valence-corrected chi connectivity index (χ3v) is 2.29. The summed E-state index contributed by atoms with van der Waals surface area (Å²) in [5, 5.41) is 9.53. The average molecular weight is 220 g/mol. The quantitative estimate of drug-likeness (QED) is 0.716. The molecule has 0 radical (unpaired) electrons. The Bertz CT molecular complexity index is 507. The van der Waals surface area contributed by atoms with Gasteiger partial charge < -0.3 is 20.6 Å². The number of hydrogen-bond acceptors (Lipinski definition) is 3. The highest BCUT2D eigenvalue weighted by atomic mass is 16.5. The van der Waals surface area contributed by atoms with Crippen molar-refractivity contribution in [3.8, 4) is 5.75 Å². The van der Waals surface area contributed by atoms with E-state index in [-0.39, 0.29) is 6.61 Å². The van der Waals surface area contributed by atoms with Gasteiger partial charge in [-0.1, -0.05) is 12.1 Å². The van der Waals surface area contributed by atoms with E-state index in [0.29, 0.717) is 5.75 Å². The maximum absolute atomic E-state index is 10.5. The molecule has 0 spiro atoms. The molecule has 4 N–H and O–H groups in total. The molecule has 1 atom stereocenters. The number of nitrogens with two attached hydrogens (primary N) is 1. The Labute approximate surface area is 91.8 Å². The van der Waals surface area contributed by atoms with Crippen LogP contribution in [0.15, 0.2) is 30.5 Å². The lowest BCUT2D eigenvalue weighted by atomic mass is 10.2. The van der Waals surface area contributed by atoms with E-state index in [0.717, 1.165) is 10.9 Å². The number of H-pyrrole nitrogens is 1. The van der Waals surface area contributed by atoms with Crippen molar-refractivity contribution in [1.29, 1.82) is 0 Å². The van der Waals surface area contributed by atoms with Crippen molar-refractivity contribution in [2.24, 2.45) is 5.73 Å². The van der Waals surface area contributed by atoms with Gasteiger partial charge in [0.2, 0.25) is 0 Å². The van der Waals surface area contributed by atoms with Gasteiger partial charge in [-0.15, -0.1) is 0 Å². The molecule has 1 aromatic carbocycles. The fourth-order valence-electron chi connectivity index (χ4n) is 1.42. The Morgan fingerprint density at radius 2 is 2.25 bits per heavy atom. The van der Waals surface area contributed by atoms with Crippen LogP contribution >= 0.6 is 0 Å². The van der Waals surface area contributed by atoms with Gasteiger partial charge in [-0.05, 0) is 12.1 Å². The van der Waals surface area contributed by atoms with Gasteiger partial charge in [0.05, 0.1) is 0 Å². The van der Waals surface area contributed by atoms with Crippen LogP contribution < -0.4 is 10.5 Å². The number of aromatic amines is 1. The topological polar surface area (TPSA) is 88.3 Å². The summed E-state index contributed by atoms with van der Waals surface area (Å²) in [5.74, 6) is -0.452. The third kappa shape index (κ3) is 1.99. The standard InChI is InChI=1S/C11H12N2O3/c12-8(11(14)15)6-16-10-5-13-9-4-2-1-3-7(9)10/h1-5,8,13H,6,12H2,(H,14,15)/t8-/m1/s1. The molecule has 0 aliphatic carbocycles. The number of aromatic nitrogens is 1. The first-order valence-electron chi connectivity index (χ1n) is 4.86. The Balaban J connectivity index is 2.13. The summed E-state index contributed by atoms with van der Waals surface area (Å²) in [6.07, 6.45) is 1.69. The molecular formula is C11H12N2O3. The molecule has 0 fully saturated rings. The Morgan fingerprint density at radius 1 is 1.50 bits per heavy atom. The molecule has 2 aromatic rings. The molecule has 0 saturated heterocycles.